The van der Waals surface area contributed by atoms with E-state index in [4.69, 9.17) is 0 Å². The smallest absolute Gasteiger partial charge is 0.262 e. The van der Waals surface area contributed by atoms with Gasteiger partial charge >= 0.3 is 0 Å². The van der Waals surface area contributed by atoms with Crippen molar-refractivity contribution in [2.45, 2.75) is 38.8 Å². The van der Waals surface area contributed by atoms with Gasteiger partial charge in [-0.15, -0.1) is 22.7 Å². The molecule has 158 valence electrons. The summed E-state index contributed by atoms with van der Waals surface area (Å²) >= 11 is 3.23. The van der Waals surface area contributed by atoms with Crippen LogP contribution in [0.2, 0.25) is 0 Å². The number of nitrogens with zero attached hydrogens (tertiary/aromatic N) is 2. The lowest BCUT2D eigenvalue weighted by molar-refractivity contribution is -0.122. The molecule has 7 heteroatoms. The summed E-state index contributed by atoms with van der Waals surface area (Å²) in [5, 5.41) is 5.82. The van der Waals surface area contributed by atoms with Crippen LogP contribution in [-0.2, 0) is 24.2 Å². The average molecular weight is 450 g/mol. The molecule has 2 atom stereocenters. The number of fused-ring (bicyclic) bond motifs is 3. The van der Waals surface area contributed by atoms with Crippen molar-refractivity contribution in [3.63, 3.8) is 0 Å². The number of carbonyl (C=O) groups excluding carboxylic acids is 1. The van der Waals surface area contributed by atoms with Gasteiger partial charge in [-0.3, -0.25) is 14.2 Å². The van der Waals surface area contributed by atoms with Gasteiger partial charge in [-0.05, 0) is 47.8 Å². The van der Waals surface area contributed by atoms with Crippen LogP contribution in [0.1, 0.15) is 40.3 Å². The Morgan fingerprint density at radius 2 is 2.10 bits per heavy atom. The van der Waals surface area contributed by atoms with E-state index in [0.717, 1.165) is 40.1 Å². The molecule has 0 fully saturated rings. The van der Waals surface area contributed by atoms with Gasteiger partial charge < -0.3 is 5.32 Å². The fourth-order valence-corrected chi connectivity index (χ4v) is 6.40. The molecule has 4 aromatic rings. The van der Waals surface area contributed by atoms with Crippen LogP contribution in [0, 0.1) is 5.92 Å². The van der Waals surface area contributed by atoms with Crippen LogP contribution in [0.15, 0.2) is 59.0 Å². The number of nitrogens with one attached hydrogen (secondary N) is 1. The van der Waals surface area contributed by atoms with Crippen LogP contribution in [0.25, 0.3) is 10.2 Å². The van der Waals surface area contributed by atoms with E-state index >= 15 is 0 Å². The topological polar surface area (TPSA) is 64.0 Å². The first-order valence-corrected chi connectivity index (χ1v) is 12.2. The monoisotopic (exact) mass is 449 g/mol. The Morgan fingerprint density at radius 1 is 1.26 bits per heavy atom. The Morgan fingerprint density at radius 3 is 2.87 bits per heavy atom. The minimum atomic E-state index is -0.239. The van der Waals surface area contributed by atoms with Crippen molar-refractivity contribution in [2.24, 2.45) is 5.92 Å². The number of carbonyl (C=O) groups is 1. The number of aryl methyl sites for hydroxylation is 1. The van der Waals surface area contributed by atoms with Gasteiger partial charge in [0.2, 0.25) is 5.91 Å². The van der Waals surface area contributed by atoms with Crippen LogP contribution < -0.4 is 10.9 Å². The summed E-state index contributed by atoms with van der Waals surface area (Å²) in [6.45, 7) is 2.21. The number of amides is 1. The largest absolute Gasteiger partial charge is 0.343 e. The highest BCUT2D eigenvalue weighted by molar-refractivity contribution is 7.18. The van der Waals surface area contributed by atoms with Crippen molar-refractivity contribution in [3.05, 3.63) is 85.4 Å². The summed E-state index contributed by atoms with van der Waals surface area (Å²) < 4.78 is 1.44. The standard InChI is InChI=1S/C24H23N3O2S2/c1-15-9-10-17-19(12-15)31-23-21(17)24(29)27(14-25-23)13-20(28)26-22(18-8-5-11-30-18)16-6-3-2-4-7-16/h2-8,11,14-15,22H,9-10,12-13H2,1H3,(H,26,28). The van der Waals surface area contributed by atoms with Gasteiger partial charge in [-0.2, -0.15) is 0 Å². The minimum Gasteiger partial charge on any atom is -0.343 e. The molecule has 0 saturated carbocycles. The van der Waals surface area contributed by atoms with Gasteiger partial charge in [-0.25, -0.2) is 4.98 Å². The maximum absolute atomic E-state index is 13.2. The maximum atomic E-state index is 13.2. The molecule has 1 N–H and O–H groups in total. The van der Waals surface area contributed by atoms with Crippen molar-refractivity contribution < 1.29 is 4.79 Å². The predicted octanol–water partition coefficient (Wildman–Crippen LogP) is 4.55. The minimum absolute atomic E-state index is 0.0441. The molecule has 0 spiro atoms. The molecule has 0 radical (unpaired) electrons. The van der Waals surface area contributed by atoms with Crippen molar-refractivity contribution in [2.75, 3.05) is 0 Å². The zero-order valence-electron chi connectivity index (χ0n) is 17.2. The van der Waals surface area contributed by atoms with E-state index in [-0.39, 0.29) is 24.1 Å². The highest BCUT2D eigenvalue weighted by Crippen LogP contribution is 2.35. The molecular formula is C24H23N3O2S2. The molecule has 0 saturated heterocycles. The highest BCUT2D eigenvalue weighted by Gasteiger charge is 2.24. The van der Waals surface area contributed by atoms with E-state index in [2.05, 4.69) is 17.2 Å². The van der Waals surface area contributed by atoms with Gasteiger partial charge in [0, 0.05) is 9.75 Å². The van der Waals surface area contributed by atoms with E-state index in [1.807, 2.05) is 47.8 Å². The number of thiophene rings is 2. The second-order valence-electron chi connectivity index (χ2n) is 8.14. The number of hydrogen-bond acceptors (Lipinski definition) is 5. The van der Waals surface area contributed by atoms with Gasteiger partial charge in [0.15, 0.2) is 0 Å². The van der Waals surface area contributed by atoms with Gasteiger partial charge in [0.05, 0.1) is 17.8 Å². The second-order valence-corrected chi connectivity index (χ2v) is 10.2. The number of hydrogen-bond donors (Lipinski definition) is 1. The van der Waals surface area contributed by atoms with E-state index < -0.39 is 0 Å². The van der Waals surface area contributed by atoms with E-state index in [1.165, 1.54) is 15.8 Å². The molecule has 5 nitrogen and oxygen atoms in total. The summed E-state index contributed by atoms with van der Waals surface area (Å²) in [5.41, 5.74) is 2.05. The fourth-order valence-electron chi connectivity index (χ4n) is 4.26. The molecule has 2 unspecified atom stereocenters. The van der Waals surface area contributed by atoms with Gasteiger partial charge in [-0.1, -0.05) is 43.3 Å². The third kappa shape index (κ3) is 3.95. The number of aromatic nitrogens is 2. The van der Waals surface area contributed by atoms with Crippen LogP contribution in [0.4, 0.5) is 0 Å². The molecule has 1 amide bonds. The van der Waals surface area contributed by atoms with Crippen molar-refractivity contribution in [3.8, 4) is 0 Å². The van der Waals surface area contributed by atoms with Gasteiger partial charge in [0.25, 0.3) is 5.56 Å². The highest BCUT2D eigenvalue weighted by atomic mass is 32.1. The van der Waals surface area contributed by atoms with Crippen LogP contribution >= 0.6 is 22.7 Å². The molecule has 1 aliphatic rings. The lowest BCUT2D eigenvalue weighted by Gasteiger charge is -2.19. The quantitative estimate of drug-likeness (QED) is 0.486. The van der Waals surface area contributed by atoms with Crippen molar-refractivity contribution in [1.82, 2.24) is 14.9 Å². The third-order valence-electron chi connectivity index (χ3n) is 5.86. The number of benzene rings is 1. The molecule has 5 rings (SSSR count). The second kappa shape index (κ2) is 8.40. The predicted molar refractivity (Wildman–Crippen MR) is 126 cm³/mol. The molecule has 0 bridgehead atoms. The molecule has 3 heterocycles. The van der Waals surface area contributed by atoms with Gasteiger partial charge in [0.1, 0.15) is 11.4 Å². The molecule has 0 aliphatic heterocycles. The zero-order valence-corrected chi connectivity index (χ0v) is 18.8. The molecule has 31 heavy (non-hydrogen) atoms. The summed E-state index contributed by atoms with van der Waals surface area (Å²) in [7, 11) is 0. The fraction of sp³-hybridized carbons (Fsp3) is 0.292. The summed E-state index contributed by atoms with van der Waals surface area (Å²) in [4.78, 5) is 33.8. The Bertz CT molecular complexity index is 1280. The lowest BCUT2D eigenvalue weighted by Crippen LogP contribution is -2.35. The maximum Gasteiger partial charge on any atom is 0.262 e. The normalized spacial score (nSPS) is 16.7. The van der Waals surface area contributed by atoms with Crippen LogP contribution in [-0.4, -0.2) is 15.5 Å². The van der Waals surface area contributed by atoms with Crippen LogP contribution in [0.5, 0.6) is 0 Å². The summed E-state index contributed by atoms with van der Waals surface area (Å²) in [6, 6.07) is 13.6. The molecular weight excluding hydrogens is 426 g/mol. The summed E-state index contributed by atoms with van der Waals surface area (Å²) in [6.07, 6.45) is 4.53. The first kappa shape index (κ1) is 20.2. The Hall–Kier alpha value is -2.77. The zero-order chi connectivity index (χ0) is 21.4. The Kier molecular flexibility index (Phi) is 5.46. The first-order valence-electron chi connectivity index (χ1n) is 10.5. The van der Waals surface area contributed by atoms with E-state index in [9.17, 15) is 9.59 Å². The average Bonchev–Trinajstić information content (AvgIpc) is 3.42. The Labute approximate surface area is 188 Å². The number of rotatable bonds is 5. The molecule has 1 aliphatic carbocycles. The van der Waals surface area contributed by atoms with Crippen molar-refractivity contribution in [1.29, 1.82) is 0 Å². The van der Waals surface area contributed by atoms with E-state index in [1.54, 1.807) is 22.7 Å². The molecule has 1 aromatic carbocycles. The SMILES string of the molecule is CC1CCc2c(sc3ncn(CC(=O)NC(c4ccccc4)c4cccs4)c(=O)c23)C1. The third-order valence-corrected chi connectivity index (χ3v) is 7.96. The summed E-state index contributed by atoms with van der Waals surface area (Å²) in [5.74, 6) is 0.434. The lowest BCUT2D eigenvalue weighted by atomic mass is 9.89. The van der Waals surface area contributed by atoms with Crippen LogP contribution in [0.3, 0.4) is 0 Å². The Balaban J connectivity index is 1.42. The molecule has 3 aromatic heterocycles. The van der Waals surface area contributed by atoms with Crippen molar-refractivity contribution >= 4 is 38.8 Å². The first-order chi connectivity index (χ1) is 15.1. The van der Waals surface area contributed by atoms with E-state index in [0.29, 0.717) is 11.3 Å².